The zero-order valence-electron chi connectivity index (χ0n) is 7.61. The zero-order valence-corrected chi connectivity index (χ0v) is 8.36. The van der Waals surface area contributed by atoms with Crippen molar-refractivity contribution in [2.75, 3.05) is 0 Å². The number of rotatable bonds is 1. The molecule has 0 bridgehead atoms. The number of aromatic nitrogens is 3. The molecule has 3 nitrogen and oxygen atoms in total. The van der Waals surface area contributed by atoms with Crippen LogP contribution in [0.3, 0.4) is 0 Å². The van der Waals surface area contributed by atoms with Crippen LogP contribution in [0.4, 0.5) is 0 Å². The Kier molecular flexibility index (Phi) is 2.41. The maximum absolute atomic E-state index is 5.71. The van der Waals surface area contributed by atoms with Gasteiger partial charge in [0.1, 0.15) is 5.69 Å². The third-order valence-electron chi connectivity index (χ3n) is 1.86. The van der Waals surface area contributed by atoms with Gasteiger partial charge in [0.25, 0.3) is 0 Å². The summed E-state index contributed by atoms with van der Waals surface area (Å²) in [5.74, 6) is 0. The van der Waals surface area contributed by atoms with Gasteiger partial charge >= 0.3 is 0 Å². The van der Waals surface area contributed by atoms with E-state index in [2.05, 4.69) is 15.2 Å². The van der Waals surface area contributed by atoms with Crippen molar-refractivity contribution in [2.24, 2.45) is 0 Å². The lowest BCUT2D eigenvalue weighted by molar-refractivity contribution is 1.01. The molecule has 0 aromatic carbocycles. The Morgan fingerprint density at radius 2 is 2.07 bits per heavy atom. The van der Waals surface area contributed by atoms with E-state index in [0.717, 1.165) is 17.0 Å². The monoisotopic (exact) mass is 205 g/mol. The molecule has 0 N–H and O–H groups in total. The summed E-state index contributed by atoms with van der Waals surface area (Å²) < 4.78 is 0. The van der Waals surface area contributed by atoms with Crippen LogP contribution in [0, 0.1) is 6.92 Å². The topological polar surface area (TPSA) is 38.7 Å². The minimum Gasteiger partial charge on any atom is -0.255 e. The number of nitrogens with zero attached hydrogens (tertiary/aromatic N) is 3. The third-order valence-corrected chi connectivity index (χ3v) is 2.05. The first-order valence-corrected chi connectivity index (χ1v) is 4.56. The summed E-state index contributed by atoms with van der Waals surface area (Å²) in [6.07, 6.45) is 1.73. The molecule has 2 rings (SSSR count). The normalized spacial score (nSPS) is 10.1. The molecule has 0 spiro atoms. The van der Waals surface area contributed by atoms with E-state index in [4.69, 9.17) is 11.6 Å². The second-order valence-electron chi connectivity index (χ2n) is 2.91. The fourth-order valence-electron chi connectivity index (χ4n) is 1.21. The van der Waals surface area contributed by atoms with Crippen molar-refractivity contribution in [1.82, 2.24) is 15.2 Å². The van der Waals surface area contributed by atoms with Crippen molar-refractivity contribution < 1.29 is 0 Å². The first-order chi connectivity index (χ1) is 6.77. The van der Waals surface area contributed by atoms with Gasteiger partial charge in [0.2, 0.25) is 0 Å². The summed E-state index contributed by atoms with van der Waals surface area (Å²) in [5, 5.41) is 8.20. The number of pyridine rings is 1. The molecule has 0 saturated carbocycles. The van der Waals surface area contributed by atoms with Crippen molar-refractivity contribution in [3.05, 3.63) is 41.2 Å². The van der Waals surface area contributed by atoms with Gasteiger partial charge < -0.3 is 0 Å². The van der Waals surface area contributed by atoms with Gasteiger partial charge in [-0.25, -0.2) is 0 Å². The highest BCUT2D eigenvalue weighted by atomic mass is 35.5. The van der Waals surface area contributed by atoms with Crippen molar-refractivity contribution in [3.63, 3.8) is 0 Å². The molecule has 0 radical (unpaired) electrons. The number of hydrogen-bond donors (Lipinski definition) is 0. The molecule has 2 heterocycles. The smallest absolute Gasteiger partial charge is 0.152 e. The highest BCUT2D eigenvalue weighted by Gasteiger charge is 2.05. The maximum atomic E-state index is 5.71. The molecule has 0 aliphatic heterocycles. The Morgan fingerprint density at radius 1 is 1.21 bits per heavy atom. The van der Waals surface area contributed by atoms with E-state index in [0.29, 0.717) is 5.15 Å². The summed E-state index contributed by atoms with van der Waals surface area (Å²) in [6, 6.07) is 7.45. The largest absolute Gasteiger partial charge is 0.255 e. The van der Waals surface area contributed by atoms with Gasteiger partial charge in [-0.3, -0.25) is 4.98 Å². The number of halogens is 1. The molecule has 14 heavy (non-hydrogen) atoms. The van der Waals surface area contributed by atoms with Crippen LogP contribution in [0.2, 0.25) is 5.15 Å². The molecule has 2 aromatic heterocycles. The number of aryl methyl sites for hydroxylation is 1. The van der Waals surface area contributed by atoms with Gasteiger partial charge in [-0.05, 0) is 30.7 Å². The van der Waals surface area contributed by atoms with Gasteiger partial charge in [0, 0.05) is 6.20 Å². The average Bonchev–Trinajstić information content (AvgIpc) is 2.19. The van der Waals surface area contributed by atoms with E-state index in [1.807, 2.05) is 25.1 Å². The van der Waals surface area contributed by atoms with Gasteiger partial charge in [0.15, 0.2) is 5.15 Å². The van der Waals surface area contributed by atoms with E-state index < -0.39 is 0 Å². The van der Waals surface area contributed by atoms with E-state index >= 15 is 0 Å². The molecule has 0 fully saturated rings. The van der Waals surface area contributed by atoms with E-state index in [9.17, 15) is 0 Å². The predicted octanol–water partition coefficient (Wildman–Crippen LogP) is 2.50. The molecule has 0 atom stereocenters. The Bertz CT molecular complexity index is 442. The lowest BCUT2D eigenvalue weighted by Gasteiger charge is -2.02. The van der Waals surface area contributed by atoms with Crippen molar-refractivity contribution in [3.8, 4) is 11.4 Å². The molecule has 0 unspecified atom stereocenters. The molecule has 0 amide bonds. The quantitative estimate of drug-likeness (QED) is 0.718. The van der Waals surface area contributed by atoms with Crippen LogP contribution in [0.5, 0.6) is 0 Å². The minimum absolute atomic E-state index is 0.405. The second-order valence-corrected chi connectivity index (χ2v) is 3.30. The Balaban J connectivity index is 2.53. The highest BCUT2D eigenvalue weighted by molar-refractivity contribution is 6.29. The van der Waals surface area contributed by atoms with E-state index in [1.165, 1.54) is 0 Å². The Labute approximate surface area is 86.8 Å². The van der Waals surface area contributed by atoms with Crippen molar-refractivity contribution in [2.45, 2.75) is 6.92 Å². The van der Waals surface area contributed by atoms with Gasteiger partial charge in [-0.2, -0.15) is 0 Å². The lowest BCUT2D eigenvalue weighted by atomic mass is 10.2. The first kappa shape index (κ1) is 9.09. The average molecular weight is 206 g/mol. The second kappa shape index (κ2) is 3.72. The lowest BCUT2D eigenvalue weighted by Crippen LogP contribution is -1.93. The van der Waals surface area contributed by atoms with Crippen LogP contribution < -0.4 is 0 Å². The van der Waals surface area contributed by atoms with Crippen LogP contribution in [0.25, 0.3) is 11.4 Å². The summed E-state index contributed by atoms with van der Waals surface area (Å²) in [7, 11) is 0. The fraction of sp³-hybridized carbons (Fsp3) is 0.100. The Morgan fingerprint density at radius 3 is 2.71 bits per heavy atom. The van der Waals surface area contributed by atoms with E-state index in [-0.39, 0.29) is 0 Å². The van der Waals surface area contributed by atoms with Gasteiger partial charge in [0.05, 0.1) is 5.69 Å². The fourth-order valence-corrected chi connectivity index (χ4v) is 1.41. The molecule has 0 aliphatic rings. The molecule has 4 heteroatoms. The van der Waals surface area contributed by atoms with E-state index in [1.54, 1.807) is 12.3 Å². The molecular weight excluding hydrogens is 198 g/mol. The zero-order chi connectivity index (χ0) is 9.97. The van der Waals surface area contributed by atoms with Crippen LogP contribution in [0.15, 0.2) is 30.5 Å². The van der Waals surface area contributed by atoms with Crippen LogP contribution >= 0.6 is 11.6 Å². The molecular formula is C10H8ClN3. The van der Waals surface area contributed by atoms with Crippen LogP contribution in [-0.4, -0.2) is 15.2 Å². The van der Waals surface area contributed by atoms with Crippen LogP contribution in [0.1, 0.15) is 5.56 Å². The number of hydrogen-bond acceptors (Lipinski definition) is 3. The Hall–Kier alpha value is -1.48. The predicted molar refractivity (Wildman–Crippen MR) is 55.0 cm³/mol. The van der Waals surface area contributed by atoms with Crippen molar-refractivity contribution >= 4 is 11.6 Å². The standard InChI is InChI=1S/C10H8ClN3/c1-7-6-9(11)13-14-10(7)8-4-2-3-5-12-8/h2-6H,1H3. The minimum atomic E-state index is 0.405. The molecule has 70 valence electrons. The molecule has 0 saturated heterocycles. The third kappa shape index (κ3) is 1.72. The summed E-state index contributed by atoms with van der Waals surface area (Å²) in [4.78, 5) is 4.19. The highest BCUT2D eigenvalue weighted by Crippen LogP contribution is 2.18. The summed E-state index contributed by atoms with van der Waals surface area (Å²) >= 11 is 5.71. The maximum Gasteiger partial charge on any atom is 0.152 e. The molecule has 2 aromatic rings. The van der Waals surface area contributed by atoms with Crippen molar-refractivity contribution in [1.29, 1.82) is 0 Å². The summed E-state index contributed by atoms with van der Waals surface area (Å²) in [5.41, 5.74) is 2.56. The van der Waals surface area contributed by atoms with Crippen LogP contribution in [-0.2, 0) is 0 Å². The first-order valence-electron chi connectivity index (χ1n) is 4.18. The molecule has 0 aliphatic carbocycles. The van der Waals surface area contributed by atoms with Gasteiger partial charge in [-0.1, -0.05) is 17.7 Å². The summed E-state index contributed by atoms with van der Waals surface area (Å²) in [6.45, 7) is 1.94. The SMILES string of the molecule is Cc1cc(Cl)nnc1-c1ccccn1. The van der Waals surface area contributed by atoms with Gasteiger partial charge in [-0.15, -0.1) is 10.2 Å².